The molecule has 1 amide bonds. The van der Waals surface area contributed by atoms with Crippen molar-refractivity contribution in [2.45, 2.75) is 44.6 Å². The number of nitro benzene ring substituents is 1. The quantitative estimate of drug-likeness (QED) is 0.590. The fraction of sp³-hybridized carbons (Fsp3) is 0.500. The summed E-state index contributed by atoms with van der Waals surface area (Å²) in [6, 6.07) is 7.02. The summed E-state index contributed by atoms with van der Waals surface area (Å²) in [5.41, 5.74) is 0.0737. The highest BCUT2D eigenvalue weighted by molar-refractivity contribution is 7.20. The van der Waals surface area contributed by atoms with Crippen molar-refractivity contribution in [1.82, 2.24) is 4.90 Å². The number of fused-ring (bicyclic) bond motifs is 2. The summed E-state index contributed by atoms with van der Waals surface area (Å²) in [6.45, 7) is 0.842. The van der Waals surface area contributed by atoms with Crippen molar-refractivity contribution in [3.8, 4) is 0 Å². The van der Waals surface area contributed by atoms with Crippen LogP contribution in [0.3, 0.4) is 0 Å². The molecule has 4 rings (SSSR count). The summed E-state index contributed by atoms with van der Waals surface area (Å²) in [5, 5.41) is 11.7. The molecule has 0 N–H and O–H groups in total. The van der Waals surface area contributed by atoms with E-state index in [4.69, 9.17) is 0 Å². The number of hydrogen-bond acceptors (Lipinski definition) is 4. The monoisotopic (exact) mass is 344 g/mol. The Morgan fingerprint density at radius 3 is 2.79 bits per heavy atom. The minimum atomic E-state index is -0.393. The number of nitrogens with zero attached hydrogens (tertiary/aromatic N) is 2. The van der Waals surface area contributed by atoms with Crippen LogP contribution >= 0.6 is 11.3 Å². The second-order valence-electron chi connectivity index (χ2n) is 6.84. The standard InChI is InChI=1S/C18H20N2O3S/c21-18(19-9-3-5-12-4-1-2-6-15(12)19)17-11-13-10-14(20(22)23)7-8-16(13)24-17/h7-8,10-12,15H,1-6,9H2/t12-,15-/m0/s1. The third-order valence-corrected chi connectivity index (χ3v) is 6.53. The van der Waals surface area contributed by atoms with Gasteiger partial charge in [0.15, 0.2) is 0 Å². The van der Waals surface area contributed by atoms with E-state index in [1.54, 1.807) is 12.1 Å². The van der Waals surface area contributed by atoms with Gasteiger partial charge in [0.25, 0.3) is 11.6 Å². The van der Waals surface area contributed by atoms with Gasteiger partial charge in [-0.05, 0) is 43.7 Å². The number of benzene rings is 1. The number of carbonyl (C=O) groups is 1. The van der Waals surface area contributed by atoms with Crippen LogP contribution in [-0.4, -0.2) is 28.3 Å². The van der Waals surface area contributed by atoms with E-state index in [-0.39, 0.29) is 11.6 Å². The molecule has 1 aromatic carbocycles. The van der Waals surface area contributed by atoms with Crippen LogP contribution < -0.4 is 0 Å². The van der Waals surface area contributed by atoms with E-state index in [9.17, 15) is 14.9 Å². The van der Waals surface area contributed by atoms with Crippen molar-refractivity contribution >= 4 is 33.0 Å². The number of amides is 1. The van der Waals surface area contributed by atoms with Crippen molar-refractivity contribution < 1.29 is 9.72 Å². The number of rotatable bonds is 2. The maximum atomic E-state index is 13.0. The molecule has 0 spiro atoms. The average molecular weight is 344 g/mol. The van der Waals surface area contributed by atoms with E-state index in [0.29, 0.717) is 16.8 Å². The molecule has 2 aromatic rings. The SMILES string of the molecule is O=C(c1cc2cc([N+](=O)[O-])ccc2s1)N1CCC[C@@H]2CCCC[C@@H]21. The molecule has 2 atom stereocenters. The first-order valence-corrected chi connectivity index (χ1v) is 9.44. The molecular weight excluding hydrogens is 324 g/mol. The summed E-state index contributed by atoms with van der Waals surface area (Å²) in [4.78, 5) is 26.4. The van der Waals surface area contributed by atoms with Gasteiger partial charge < -0.3 is 4.90 Å². The third kappa shape index (κ3) is 2.69. The van der Waals surface area contributed by atoms with Crippen molar-refractivity contribution in [2.75, 3.05) is 6.54 Å². The van der Waals surface area contributed by atoms with Gasteiger partial charge in [0.2, 0.25) is 0 Å². The second kappa shape index (κ2) is 6.16. The first-order chi connectivity index (χ1) is 11.6. The second-order valence-corrected chi connectivity index (χ2v) is 7.93. The molecular formula is C18H20N2O3S. The summed E-state index contributed by atoms with van der Waals surface area (Å²) < 4.78 is 0.932. The lowest BCUT2D eigenvalue weighted by Gasteiger charge is -2.44. The Hall–Kier alpha value is -1.95. The predicted octanol–water partition coefficient (Wildman–Crippen LogP) is 4.60. The highest BCUT2D eigenvalue weighted by Gasteiger charge is 2.36. The number of hydrogen-bond donors (Lipinski definition) is 0. The zero-order chi connectivity index (χ0) is 16.7. The fourth-order valence-corrected chi connectivity index (χ4v) is 5.27. The molecule has 126 valence electrons. The lowest BCUT2D eigenvalue weighted by Crippen LogP contribution is -2.49. The molecule has 1 aliphatic carbocycles. The molecule has 0 unspecified atom stereocenters. The Kier molecular flexibility index (Phi) is 4.00. The maximum Gasteiger partial charge on any atom is 0.270 e. The summed E-state index contributed by atoms with van der Waals surface area (Å²) >= 11 is 1.45. The molecule has 2 heterocycles. The van der Waals surface area contributed by atoms with Crippen LogP contribution in [0, 0.1) is 16.0 Å². The maximum absolute atomic E-state index is 13.0. The van der Waals surface area contributed by atoms with Gasteiger partial charge in [-0.3, -0.25) is 14.9 Å². The Morgan fingerprint density at radius 1 is 1.17 bits per heavy atom. The van der Waals surface area contributed by atoms with E-state index in [2.05, 4.69) is 4.90 Å². The molecule has 1 saturated carbocycles. The molecule has 0 bridgehead atoms. The van der Waals surface area contributed by atoms with Crippen LogP contribution in [0.4, 0.5) is 5.69 Å². The highest BCUT2D eigenvalue weighted by Crippen LogP contribution is 2.37. The van der Waals surface area contributed by atoms with Crippen LogP contribution in [0.25, 0.3) is 10.1 Å². The van der Waals surface area contributed by atoms with Crippen LogP contribution in [0.2, 0.25) is 0 Å². The molecule has 2 fully saturated rings. The number of piperidine rings is 1. The summed E-state index contributed by atoms with van der Waals surface area (Å²) in [5.74, 6) is 0.766. The van der Waals surface area contributed by atoms with Crippen LogP contribution in [0.1, 0.15) is 48.2 Å². The third-order valence-electron chi connectivity index (χ3n) is 5.43. The molecule has 6 heteroatoms. The van der Waals surface area contributed by atoms with Gasteiger partial charge >= 0.3 is 0 Å². The topological polar surface area (TPSA) is 63.4 Å². The number of carbonyl (C=O) groups excluding carboxylic acids is 1. The zero-order valence-electron chi connectivity index (χ0n) is 13.4. The Morgan fingerprint density at radius 2 is 1.96 bits per heavy atom. The molecule has 24 heavy (non-hydrogen) atoms. The minimum absolute atomic E-state index is 0.0737. The normalized spacial score (nSPS) is 23.9. The highest BCUT2D eigenvalue weighted by atomic mass is 32.1. The van der Waals surface area contributed by atoms with Crippen LogP contribution in [0.15, 0.2) is 24.3 Å². The lowest BCUT2D eigenvalue weighted by molar-refractivity contribution is -0.384. The van der Waals surface area contributed by atoms with Crippen molar-refractivity contribution in [1.29, 1.82) is 0 Å². The Bertz CT molecular complexity index is 799. The lowest BCUT2D eigenvalue weighted by atomic mass is 9.78. The zero-order valence-corrected chi connectivity index (χ0v) is 14.3. The van der Waals surface area contributed by atoms with Crippen molar-refractivity contribution in [3.05, 3.63) is 39.3 Å². The molecule has 2 aliphatic rings. The summed E-state index contributed by atoms with van der Waals surface area (Å²) in [7, 11) is 0. The van der Waals surface area contributed by atoms with Crippen LogP contribution in [0.5, 0.6) is 0 Å². The van der Waals surface area contributed by atoms with Gasteiger partial charge in [-0.1, -0.05) is 12.8 Å². The summed E-state index contributed by atoms with van der Waals surface area (Å²) in [6.07, 6.45) is 7.19. The predicted molar refractivity (Wildman–Crippen MR) is 94.5 cm³/mol. The molecule has 1 saturated heterocycles. The van der Waals surface area contributed by atoms with Gasteiger partial charge in [0.1, 0.15) is 0 Å². The van der Waals surface area contributed by atoms with E-state index in [1.807, 2.05) is 6.07 Å². The minimum Gasteiger partial charge on any atom is -0.335 e. The van der Waals surface area contributed by atoms with Gasteiger partial charge in [0, 0.05) is 34.8 Å². The van der Waals surface area contributed by atoms with Gasteiger partial charge in [-0.25, -0.2) is 0 Å². The van der Waals surface area contributed by atoms with Gasteiger partial charge in [-0.15, -0.1) is 11.3 Å². The first kappa shape index (κ1) is 15.6. The molecule has 1 aliphatic heterocycles. The van der Waals surface area contributed by atoms with Crippen LogP contribution in [-0.2, 0) is 0 Å². The van der Waals surface area contributed by atoms with E-state index in [0.717, 1.165) is 29.5 Å². The number of nitro groups is 1. The first-order valence-electron chi connectivity index (χ1n) is 8.62. The van der Waals surface area contributed by atoms with E-state index >= 15 is 0 Å². The Balaban J connectivity index is 1.63. The number of thiophene rings is 1. The van der Waals surface area contributed by atoms with Gasteiger partial charge in [0.05, 0.1) is 9.80 Å². The smallest absolute Gasteiger partial charge is 0.270 e. The van der Waals surface area contributed by atoms with E-state index in [1.165, 1.54) is 43.1 Å². The largest absolute Gasteiger partial charge is 0.335 e. The molecule has 1 aromatic heterocycles. The van der Waals surface area contributed by atoms with E-state index < -0.39 is 4.92 Å². The number of non-ortho nitro benzene ring substituents is 1. The Labute approximate surface area is 144 Å². The van der Waals surface area contributed by atoms with Crippen molar-refractivity contribution in [3.63, 3.8) is 0 Å². The van der Waals surface area contributed by atoms with Crippen molar-refractivity contribution in [2.24, 2.45) is 5.92 Å². The number of likely N-dealkylation sites (tertiary alicyclic amines) is 1. The molecule has 5 nitrogen and oxygen atoms in total. The fourth-order valence-electron chi connectivity index (χ4n) is 4.27. The molecule has 0 radical (unpaired) electrons. The van der Waals surface area contributed by atoms with Gasteiger partial charge in [-0.2, -0.15) is 0 Å². The average Bonchev–Trinajstić information content (AvgIpc) is 3.03.